The van der Waals surface area contributed by atoms with E-state index in [1.54, 1.807) is 49.4 Å². The number of furan rings is 1. The zero-order valence-corrected chi connectivity index (χ0v) is 19.8. The second-order valence-corrected chi connectivity index (χ2v) is 8.86. The minimum atomic E-state index is -4.95. The van der Waals surface area contributed by atoms with Gasteiger partial charge < -0.3 is 14.3 Å². The van der Waals surface area contributed by atoms with Crippen LogP contribution in [-0.4, -0.2) is 23.2 Å². The number of fused-ring (bicyclic) bond motifs is 1. The summed E-state index contributed by atoms with van der Waals surface area (Å²) in [6.07, 6.45) is -4.95. The molecule has 0 saturated carbocycles. The maximum Gasteiger partial charge on any atom is 0.573 e. The molecule has 6 nitrogen and oxygen atoms in total. The van der Waals surface area contributed by atoms with E-state index in [1.165, 1.54) is 18.2 Å². The van der Waals surface area contributed by atoms with Crippen LogP contribution < -0.4 is 9.64 Å². The summed E-state index contributed by atoms with van der Waals surface area (Å²) < 4.78 is 48.2. The highest BCUT2D eigenvalue weighted by Crippen LogP contribution is 2.43. The van der Waals surface area contributed by atoms with E-state index in [4.69, 9.17) is 16.0 Å². The molecule has 0 bridgehead atoms. The molecule has 1 N–H and O–H groups in total. The average Bonchev–Trinajstić information content (AvgIpc) is 3.36. The van der Waals surface area contributed by atoms with Crippen LogP contribution in [0, 0.1) is 6.92 Å². The number of carbonyl (C=O) groups is 2. The van der Waals surface area contributed by atoms with Crippen LogP contribution in [-0.2, 0) is 4.79 Å². The van der Waals surface area contributed by atoms with Gasteiger partial charge >= 0.3 is 6.36 Å². The Bertz CT molecular complexity index is 1590. The van der Waals surface area contributed by atoms with Gasteiger partial charge in [0.15, 0.2) is 11.5 Å². The number of halogens is 4. The van der Waals surface area contributed by atoms with Crippen LogP contribution in [0.25, 0.3) is 11.0 Å². The number of rotatable bonds is 5. The number of hydrogen-bond acceptors (Lipinski definition) is 5. The van der Waals surface area contributed by atoms with E-state index < -0.39 is 35.6 Å². The van der Waals surface area contributed by atoms with Crippen LogP contribution in [0.3, 0.4) is 0 Å². The molecule has 0 fully saturated rings. The topological polar surface area (TPSA) is 80.0 Å². The number of Topliss-reactive ketones (excluding diaryl/α,β-unsaturated/α-hetero) is 1. The minimum Gasteiger partial charge on any atom is -0.503 e. The Kier molecular flexibility index (Phi) is 5.95. The SMILES string of the molecule is Cc1cccc(C2C(C(=O)c3cc4cc(Cl)ccc4o3)=C(O)C(=O)N2c2cccc(OC(F)(F)F)c2)c1. The van der Waals surface area contributed by atoms with Crippen molar-refractivity contribution < 1.29 is 37.0 Å². The average molecular weight is 528 g/mol. The van der Waals surface area contributed by atoms with Crippen molar-refractivity contribution in [1.29, 1.82) is 0 Å². The van der Waals surface area contributed by atoms with Gasteiger partial charge in [-0.2, -0.15) is 0 Å². The molecule has 0 aliphatic carbocycles. The first-order valence-corrected chi connectivity index (χ1v) is 11.3. The zero-order valence-electron chi connectivity index (χ0n) is 19.0. The lowest BCUT2D eigenvalue weighted by atomic mass is 9.94. The van der Waals surface area contributed by atoms with Crippen LogP contribution in [0.5, 0.6) is 5.75 Å². The van der Waals surface area contributed by atoms with Gasteiger partial charge in [0.25, 0.3) is 5.91 Å². The second kappa shape index (κ2) is 9.01. The number of nitrogens with zero attached hydrogens (tertiary/aromatic N) is 1. The molecule has 5 rings (SSSR count). The van der Waals surface area contributed by atoms with Gasteiger partial charge in [-0.15, -0.1) is 13.2 Å². The number of aliphatic hydroxyl groups excluding tert-OH is 1. The Labute approximate surface area is 213 Å². The summed E-state index contributed by atoms with van der Waals surface area (Å²) in [5.41, 5.74) is 1.35. The largest absolute Gasteiger partial charge is 0.573 e. The highest BCUT2D eigenvalue weighted by Gasteiger charge is 2.45. The van der Waals surface area contributed by atoms with Gasteiger partial charge in [0.05, 0.1) is 11.6 Å². The lowest BCUT2D eigenvalue weighted by Crippen LogP contribution is -2.31. The number of amides is 1. The molecule has 1 aromatic heterocycles. The van der Waals surface area contributed by atoms with Gasteiger partial charge in [0, 0.05) is 22.2 Å². The summed E-state index contributed by atoms with van der Waals surface area (Å²) in [7, 11) is 0. The molecule has 1 amide bonds. The van der Waals surface area contributed by atoms with Crippen molar-refractivity contribution in [2.24, 2.45) is 0 Å². The monoisotopic (exact) mass is 527 g/mol. The summed E-state index contributed by atoms with van der Waals surface area (Å²) in [6, 6.07) is 16.7. The fraction of sp³-hybridized carbons (Fsp3) is 0.111. The zero-order chi connectivity index (χ0) is 26.5. The number of benzene rings is 3. The van der Waals surface area contributed by atoms with Crippen molar-refractivity contribution in [3.63, 3.8) is 0 Å². The van der Waals surface area contributed by atoms with E-state index in [2.05, 4.69) is 4.74 Å². The minimum absolute atomic E-state index is 0.0102. The van der Waals surface area contributed by atoms with Crippen molar-refractivity contribution >= 4 is 39.9 Å². The number of aryl methyl sites for hydroxylation is 1. The van der Waals surface area contributed by atoms with Gasteiger partial charge in [-0.1, -0.05) is 47.5 Å². The van der Waals surface area contributed by atoms with Crippen molar-refractivity contribution in [2.75, 3.05) is 4.90 Å². The quantitative estimate of drug-likeness (QED) is 0.281. The number of anilines is 1. The third-order valence-electron chi connectivity index (χ3n) is 5.84. The Hall–Kier alpha value is -4.24. The Morgan fingerprint density at radius 1 is 1.05 bits per heavy atom. The van der Waals surface area contributed by atoms with Crippen LogP contribution >= 0.6 is 11.6 Å². The van der Waals surface area contributed by atoms with E-state index in [-0.39, 0.29) is 17.0 Å². The van der Waals surface area contributed by atoms with Crippen LogP contribution in [0.1, 0.15) is 27.7 Å². The molecule has 1 unspecified atom stereocenters. The number of ether oxygens (including phenoxy) is 1. The summed E-state index contributed by atoms with van der Waals surface area (Å²) in [6.45, 7) is 1.80. The number of aliphatic hydroxyl groups is 1. The molecule has 188 valence electrons. The van der Waals surface area contributed by atoms with Crippen LogP contribution in [0.15, 0.2) is 88.5 Å². The maximum atomic E-state index is 13.7. The van der Waals surface area contributed by atoms with E-state index in [9.17, 15) is 27.9 Å². The molecule has 0 saturated heterocycles. The Morgan fingerprint density at radius 2 is 1.81 bits per heavy atom. The predicted octanol–water partition coefficient (Wildman–Crippen LogP) is 7.08. The third kappa shape index (κ3) is 4.65. The molecule has 3 aromatic carbocycles. The van der Waals surface area contributed by atoms with Gasteiger partial charge in [-0.25, -0.2) is 0 Å². The second-order valence-electron chi connectivity index (χ2n) is 8.42. The Morgan fingerprint density at radius 3 is 2.54 bits per heavy atom. The number of alkyl halides is 3. The number of carbonyl (C=O) groups excluding carboxylic acids is 2. The standard InChI is InChI=1S/C27H17ClF3NO5/c1-14-4-2-5-15(10-14)23-22(24(33)21-12-16-11-17(28)8-9-20(16)36-21)25(34)26(35)32(23)18-6-3-7-19(13-18)37-27(29,30)31/h2-13,23,34H,1H3. The van der Waals surface area contributed by atoms with Gasteiger partial charge in [0.2, 0.25) is 5.78 Å². The van der Waals surface area contributed by atoms with Gasteiger partial charge in [0.1, 0.15) is 11.3 Å². The molecule has 0 spiro atoms. The number of ketones is 1. The molecule has 0 radical (unpaired) electrons. The maximum absolute atomic E-state index is 13.7. The van der Waals surface area contributed by atoms with Crippen molar-refractivity contribution in [1.82, 2.24) is 0 Å². The molecule has 10 heteroatoms. The molecule has 1 atom stereocenters. The Balaban J connectivity index is 1.63. The smallest absolute Gasteiger partial charge is 0.503 e. The third-order valence-corrected chi connectivity index (χ3v) is 6.08. The first kappa shape index (κ1) is 24.5. The lowest BCUT2D eigenvalue weighted by Gasteiger charge is -2.27. The number of hydrogen-bond donors (Lipinski definition) is 1. The highest BCUT2D eigenvalue weighted by atomic mass is 35.5. The van der Waals surface area contributed by atoms with E-state index in [0.717, 1.165) is 22.6 Å². The molecule has 2 heterocycles. The molecular weight excluding hydrogens is 511 g/mol. The molecule has 1 aliphatic rings. The molecular formula is C27H17ClF3NO5. The molecule has 1 aliphatic heterocycles. The van der Waals surface area contributed by atoms with E-state index >= 15 is 0 Å². The summed E-state index contributed by atoms with van der Waals surface area (Å²) in [5.74, 6) is -3.25. The van der Waals surface area contributed by atoms with Crippen molar-refractivity contribution in [3.05, 3.63) is 106 Å². The summed E-state index contributed by atoms with van der Waals surface area (Å²) in [4.78, 5) is 28.0. The van der Waals surface area contributed by atoms with Crippen molar-refractivity contribution in [3.8, 4) is 5.75 Å². The van der Waals surface area contributed by atoms with Crippen molar-refractivity contribution in [2.45, 2.75) is 19.3 Å². The summed E-state index contributed by atoms with van der Waals surface area (Å²) in [5, 5.41) is 11.9. The van der Waals surface area contributed by atoms with Crippen LogP contribution in [0.2, 0.25) is 5.02 Å². The normalized spacial score (nSPS) is 16.1. The lowest BCUT2D eigenvalue weighted by molar-refractivity contribution is -0.274. The fourth-order valence-electron chi connectivity index (χ4n) is 4.35. The van der Waals surface area contributed by atoms with E-state index in [1.807, 2.05) is 0 Å². The first-order chi connectivity index (χ1) is 17.5. The predicted molar refractivity (Wildman–Crippen MR) is 130 cm³/mol. The van der Waals surface area contributed by atoms with Gasteiger partial charge in [-0.3, -0.25) is 14.5 Å². The highest BCUT2D eigenvalue weighted by molar-refractivity contribution is 6.31. The van der Waals surface area contributed by atoms with Gasteiger partial charge in [-0.05, 0) is 48.9 Å². The molecule has 37 heavy (non-hydrogen) atoms. The summed E-state index contributed by atoms with van der Waals surface area (Å²) >= 11 is 6.03. The first-order valence-electron chi connectivity index (χ1n) is 10.9. The van der Waals surface area contributed by atoms with E-state index in [0.29, 0.717) is 21.6 Å². The fourth-order valence-corrected chi connectivity index (χ4v) is 4.53. The molecule has 4 aromatic rings. The van der Waals surface area contributed by atoms with Crippen LogP contribution in [0.4, 0.5) is 18.9 Å².